The molecule has 4 atom stereocenters. The highest BCUT2D eigenvalue weighted by molar-refractivity contribution is 5.33. The van der Waals surface area contributed by atoms with E-state index in [1.165, 1.54) is 30.4 Å². The minimum atomic E-state index is 0.672. The van der Waals surface area contributed by atoms with E-state index < -0.39 is 0 Å². The van der Waals surface area contributed by atoms with Crippen molar-refractivity contribution in [2.75, 3.05) is 0 Å². The van der Waals surface area contributed by atoms with Gasteiger partial charge in [-0.05, 0) is 48.1 Å². The van der Waals surface area contributed by atoms with Crippen LogP contribution >= 0.6 is 0 Å². The molecule has 0 spiro atoms. The van der Waals surface area contributed by atoms with Crippen molar-refractivity contribution in [2.45, 2.75) is 25.2 Å². The lowest BCUT2D eigenvalue weighted by molar-refractivity contribution is 0.404. The summed E-state index contributed by atoms with van der Waals surface area (Å²) in [6, 6.07) is 9.27. The van der Waals surface area contributed by atoms with Gasteiger partial charge in [-0.3, -0.25) is 0 Å². The fraction of sp³-hybridized carbons (Fsp3) is 0.412. The first-order chi connectivity index (χ1) is 8.38. The summed E-state index contributed by atoms with van der Waals surface area (Å²) < 4.78 is 0. The molecule has 17 heavy (non-hydrogen) atoms. The minimum absolute atomic E-state index is 0.672. The van der Waals surface area contributed by atoms with E-state index in [-0.39, 0.29) is 0 Å². The van der Waals surface area contributed by atoms with E-state index in [2.05, 4.69) is 48.6 Å². The van der Waals surface area contributed by atoms with E-state index in [0.29, 0.717) is 5.92 Å². The highest BCUT2D eigenvalue weighted by Gasteiger charge is 2.31. The highest BCUT2D eigenvalue weighted by Crippen LogP contribution is 2.42. The summed E-state index contributed by atoms with van der Waals surface area (Å²) in [7, 11) is 0. The molecule has 3 aliphatic carbocycles. The van der Waals surface area contributed by atoms with Crippen LogP contribution in [0.15, 0.2) is 48.6 Å². The van der Waals surface area contributed by atoms with E-state index in [9.17, 15) is 0 Å². The van der Waals surface area contributed by atoms with Crippen molar-refractivity contribution in [2.24, 2.45) is 17.8 Å². The summed E-state index contributed by atoms with van der Waals surface area (Å²) in [5.41, 5.74) is 3.05. The van der Waals surface area contributed by atoms with Crippen LogP contribution in [-0.2, 0) is 6.42 Å². The molecule has 0 heterocycles. The molecule has 0 saturated heterocycles. The lowest BCUT2D eigenvalue weighted by atomic mass is 9.83. The first kappa shape index (κ1) is 9.70. The molecule has 0 heteroatoms. The van der Waals surface area contributed by atoms with Crippen LogP contribution < -0.4 is 0 Å². The quantitative estimate of drug-likeness (QED) is 0.580. The van der Waals surface area contributed by atoms with Gasteiger partial charge >= 0.3 is 0 Å². The smallest absolute Gasteiger partial charge is 0.00239 e. The molecule has 0 aromatic heterocycles. The maximum absolute atomic E-state index is 2.48. The van der Waals surface area contributed by atoms with Crippen LogP contribution in [0.1, 0.15) is 29.9 Å². The van der Waals surface area contributed by atoms with Gasteiger partial charge in [0.15, 0.2) is 0 Å². The Kier molecular flexibility index (Phi) is 2.05. The molecule has 0 aliphatic heterocycles. The molecule has 0 nitrogen and oxygen atoms in total. The summed E-state index contributed by atoms with van der Waals surface area (Å²) >= 11 is 0. The second-order valence-corrected chi connectivity index (χ2v) is 5.88. The van der Waals surface area contributed by atoms with E-state index in [1.54, 1.807) is 0 Å². The van der Waals surface area contributed by atoms with Crippen molar-refractivity contribution < 1.29 is 0 Å². The molecular formula is C17H18. The van der Waals surface area contributed by atoms with Gasteiger partial charge in [-0.1, -0.05) is 48.6 Å². The van der Waals surface area contributed by atoms with Gasteiger partial charge in [0, 0.05) is 5.92 Å². The Labute approximate surface area is 103 Å². The minimum Gasteiger partial charge on any atom is -0.0848 e. The maximum atomic E-state index is 2.48. The molecule has 0 fully saturated rings. The van der Waals surface area contributed by atoms with Gasteiger partial charge in [0.05, 0.1) is 0 Å². The van der Waals surface area contributed by atoms with Crippen LogP contribution in [0.25, 0.3) is 0 Å². The Morgan fingerprint density at radius 2 is 1.76 bits per heavy atom. The van der Waals surface area contributed by atoms with Gasteiger partial charge in [-0.25, -0.2) is 0 Å². The van der Waals surface area contributed by atoms with Gasteiger partial charge in [0.1, 0.15) is 0 Å². The van der Waals surface area contributed by atoms with Crippen LogP contribution in [0, 0.1) is 17.8 Å². The predicted octanol–water partition coefficient (Wildman–Crippen LogP) is 4.09. The second-order valence-electron chi connectivity index (χ2n) is 5.88. The fourth-order valence-electron chi connectivity index (χ4n) is 3.82. The van der Waals surface area contributed by atoms with Crippen molar-refractivity contribution in [3.63, 3.8) is 0 Å². The van der Waals surface area contributed by atoms with Gasteiger partial charge < -0.3 is 0 Å². The summed E-state index contributed by atoms with van der Waals surface area (Å²) in [6.45, 7) is 0. The van der Waals surface area contributed by atoms with Crippen molar-refractivity contribution in [3.8, 4) is 0 Å². The number of hydrogen-bond donors (Lipinski definition) is 0. The van der Waals surface area contributed by atoms with Gasteiger partial charge in [-0.15, -0.1) is 0 Å². The summed E-state index contributed by atoms with van der Waals surface area (Å²) in [5.74, 6) is 3.06. The average Bonchev–Trinajstić information content (AvgIpc) is 2.96. The molecule has 0 N–H and O–H groups in total. The van der Waals surface area contributed by atoms with Crippen molar-refractivity contribution >= 4 is 0 Å². The van der Waals surface area contributed by atoms with E-state index in [1.807, 2.05) is 0 Å². The molecule has 0 radical (unpaired) electrons. The van der Waals surface area contributed by atoms with E-state index >= 15 is 0 Å². The molecule has 0 unspecified atom stereocenters. The lowest BCUT2D eigenvalue weighted by Crippen LogP contribution is -2.12. The molecule has 1 aromatic carbocycles. The van der Waals surface area contributed by atoms with Crippen LogP contribution in [0.4, 0.5) is 0 Å². The second kappa shape index (κ2) is 3.60. The zero-order valence-electron chi connectivity index (χ0n) is 10.0. The molecule has 6 bridgehead atoms. The summed E-state index contributed by atoms with van der Waals surface area (Å²) in [6.07, 6.45) is 13.8. The van der Waals surface area contributed by atoms with Crippen molar-refractivity contribution in [3.05, 3.63) is 59.7 Å². The van der Waals surface area contributed by atoms with Gasteiger partial charge in [0.2, 0.25) is 0 Å². The Morgan fingerprint density at radius 1 is 0.882 bits per heavy atom. The largest absolute Gasteiger partial charge is 0.0848 e. The Hall–Kier alpha value is -1.30. The predicted molar refractivity (Wildman–Crippen MR) is 70.9 cm³/mol. The Balaban J connectivity index is 1.81. The molecule has 0 amide bonds. The van der Waals surface area contributed by atoms with Crippen LogP contribution in [-0.4, -0.2) is 0 Å². The van der Waals surface area contributed by atoms with E-state index in [4.69, 9.17) is 0 Å². The van der Waals surface area contributed by atoms with Gasteiger partial charge in [0.25, 0.3) is 0 Å². The molecular weight excluding hydrogens is 204 g/mol. The number of allylic oxidation sites excluding steroid dienone is 4. The third kappa shape index (κ3) is 1.58. The molecule has 4 rings (SSSR count). The zero-order valence-corrected chi connectivity index (χ0v) is 10.0. The number of fused-ring (bicyclic) bond motifs is 8. The SMILES string of the molecule is C1=C[C@H]2C[C@H]1Cc1cccc(c1)[C@H]1C=C[C@H]2C1. The third-order valence-corrected chi connectivity index (χ3v) is 4.75. The maximum Gasteiger partial charge on any atom is 0.00239 e. The Bertz CT molecular complexity index is 495. The zero-order chi connectivity index (χ0) is 11.2. The van der Waals surface area contributed by atoms with Crippen LogP contribution in [0.2, 0.25) is 0 Å². The molecule has 1 aromatic rings. The third-order valence-electron chi connectivity index (χ3n) is 4.75. The average molecular weight is 222 g/mol. The Morgan fingerprint density at radius 3 is 2.76 bits per heavy atom. The topological polar surface area (TPSA) is 0 Å². The number of hydrogen-bond acceptors (Lipinski definition) is 0. The van der Waals surface area contributed by atoms with Gasteiger partial charge in [-0.2, -0.15) is 0 Å². The molecule has 0 saturated carbocycles. The standard InChI is InChI=1S/C17H18/c1-2-12-8-13-4-5-15(10-13)17-7-6-16(11-17)14(3-1)9-12/h1-7,9,13,15-17H,8,10-11H2/t13-,15+,16+,17+/m1/s1. The highest BCUT2D eigenvalue weighted by atomic mass is 14.4. The first-order valence-corrected chi connectivity index (χ1v) is 6.84. The summed E-state index contributed by atoms with van der Waals surface area (Å²) in [4.78, 5) is 0. The number of rotatable bonds is 0. The first-order valence-electron chi connectivity index (χ1n) is 6.84. The summed E-state index contributed by atoms with van der Waals surface area (Å²) in [5, 5.41) is 0. The molecule has 3 aliphatic rings. The lowest BCUT2D eigenvalue weighted by Gasteiger charge is -2.21. The molecule has 86 valence electrons. The fourth-order valence-corrected chi connectivity index (χ4v) is 3.82. The number of benzene rings is 1. The monoisotopic (exact) mass is 222 g/mol. The van der Waals surface area contributed by atoms with Crippen molar-refractivity contribution in [1.29, 1.82) is 0 Å². The van der Waals surface area contributed by atoms with Crippen LogP contribution in [0.3, 0.4) is 0 Å². The van der Waals surface area contributed by atoms with Crippen LogP contribution in [0.5, 0.6) is 0 Å². The normalized spacial score (nSPS) is 37.4. The van der Waals surface area contributed by atoms with Crippen molar-refractivity contribution in [1.82, 2.24) is 0 Å². The van der Waals surface area contributed by atoms with E-state index in [0.717, 1.165) is 17.8 Å².